The van der Waals surface area contributed by atoms with Gasteiger partial charge in [0.1, 0.15) is 5.75 Å². The number of carboxylic acid groups (broad SMARTS) is 2. The molecule has 0 saturated carbocycles. The molecular weight excluding hydrogens is 264 g/mol. The third kappa shape index (κ3) is 17.8. The Labute approximate surface area is 117 Å². The fourth-order valence-electron chi connectivity index (χ4n) is 0.696. The van der Waals surface area contributed by atoms with Crippen LogP contribution in [-0.2, 0) is 9.59 Å². The van der Waals surface area contributed by atoms with Crippen LogP contribution in [0.15, 0.2) is 55.6 Å². The van der Waals surface area contributed by atoms with Crippen LogP contribution in [0.1, 0.15) is 6.92 Å². The maximum atomic E-state index is 9.25. The molecule has 1 rings (SSSR count). The van der Waals surface area contributed by atoms with Gasteiger partial charge in [0.05, 0.1) is 0 Å². The van der Waals surface area contributed by atoms with E-state index in [0.29, 0.717) is 5.75 Å². The Kier molecular flexibility index (Phi) is 12.7. The highest BCUT2D eigenvalue weighted by atomic mass is 16.6. The molecule has 0 aliphatic rings. The van der Waals surface area contributed by atoms with Crippen LogP contribution in [0.5, 0.6) is 5.75 Å². The van der Waals surface area contributed by atoms with Crippen LogP contribution in [0, 0.1) is 0 Å². The van der Waals surface area contributed by atoms with Crippen LogP contribution in [0.25, 0.3) is 0 Å². The highest BCUT2D eigenvalue weighted by molar-refractivity contribution is 5.79. The topological polar surface area (TPSA) is 104 Å². The second-order valence-corrected chi connectivity index (χ2v) is 3.11. The van der Waals surface area contributed by atoms with E-state index in [4.69, 9.17) is 20.1 Å². The first kappa shape index (κ1) is 19.7. The number of hydrogen-bond acceptors (Lipinski definition) is 4. The standard InChI is InChI=1S/C8H10O2.2C3H4O2/c1-7(9)10-8-5-3-2-4-6-8;2*1-2-3(4)5/h2-7,9H,1H3;2*2H,1H2,(H,4,5). The molecule has 0 fully saturated rings. The van der Waals surface area contributed by atoms with Crippen molar-refractivity contribution in [3.63, 3.8) is 0 Å². The summed E-state index contributed by atoms with van der Waals surface area (Å²) in [6.07, 6.45) is 0.933. The molecule has 20 heavy (non-hydrogen) atoms. The molecule has 110 valence electrons. The molecule has 0 aliphatic carbocycles. The van der Waals surface area contributed by atoms with E-state index in [0.717, 1.165) is 12.2 Å². The molecule has 0 saturated heterocycles. The zero-order chi connectivity index (χ0) is 16.0. The fraction of sp³-hybridized carbons (Fsp3) is 0.143. The predicted molar refractivity (Wildman–Crippen MR) is 74.4 cm³/mol. The van der Waals surface area contributed by atoms with E-state index in [2.05, 4.69) is 13.2 Å². The third-order valence-electron chi connectivity index (χ3n) is 1.40. The molecule has 0 aromatic heterocycles. The Hall–Kier alpha value is -2.60. The number of carbonyl (C=O) groups is 2. The van der Waals surface area contributed by atoms with Gasteiger partial charge in [0.15, 0.2) is 6.29 Å². The number of aliphatic hydroxyl groups excluding tert-OH is 1. The summed E-state index contributed by atoms with van der Waals surface area (Å²) in [6.45, 7) is 7.50. The maximum Gasteiger partial charge on any atom is 0.327 e. The van der Waals surface area contributed by atoms with Gasteiger partial charge in [-0.3, -0.25) is 0 Å². The van der Waals surface area contributed by atoms with E-state index >= 15 is 0 Å². The van der Waals surface area contributed by atoms with E-state index in [1.54, 1.807) is 19.1 Å². The van der Waals surface area contributed by atoms with E-state index in [1.165, 1.54) is 0 Å². The van der Waals surface area contributed by atoms with Gasteiger partial charge in [0.2, 0.25) is 0 Å². The first-order valence-electron chi connectivity index (χ1n) is 5.44. The molecule has 0 bridgehead atoms. The molecule has 1 atom stereocenters. The summed E-state index contributed by atoms with van der Waals surface area (Å²) in [5.74, 6) is -1.27. The van der Waals surface area contributed by atoms with Crippen molar-refractivity contribution in [2.24, 2.45) is 0 Å². The Morgan fingerprint density at radius 2 is 1.45 bits per heavy atom. The van der Waals surface area contributed by atoms with Gasteiger partial charge in [0, 0.05) is 12.2 Å². The average molecular weight is 282 g/mol. The minimum Gasteiger partial charge on any atom is -0.478 e. The first-order chi connectivity index (χ1) is 9.33. The van der Waals surface area contributed by atoms with Gasteiger partial charge in [-0.2, -0.15) is 0 Å². The second kappa shape index (κ2) is 12.8. The summed E-state index contributed by atoms with van der Waals surface area (Å²) < 4.78 is 4.97. The van der Waals surface area contributed by atoms with Gasteiger partial charge in [-0.15, -0.1) is 0 Å². The van der Waals surface area contributed by atoms with Crippen LogP contribution in [0.2, 0.25) is 0 Å². The average Bonchev–Trinajstić information content (AvgIpc) is 2.40. The van der Waals surface area contributed by atoms with Crippen LogP contribution in [-0.4, -0.2) is 33.5 Å². The number of carboxylic acids is 2. The van der Waals surface area contributed by atoms with Crippen molar-refractivity contribution in [2.45, 2.75) is 13.2 Å². The highest BCUT2D eigenvalue weighted by Crippen LogP contribution is 2.09. The summed E-state index contributed by atoms with van der Waals surface area (Å²) in [7, 11) is 0. The van der Waals surface area contributed by atoms with E-state index < -0.39 is 18.2 Å². The van der Waals surface area contributed by atoms with Gasteiger partial charge in [-0.05, 0) is 19.1 Å². The maximum absolute atomic E-state index is 9.25. The number of aliphatic carboxylic acids is 2. The number of rotatable bonds is 4. The Morgan fingerprint density at radius 1 is 1.10 bits per heavy atom. The smallest absolute Gasteiger partial charge is 0.327 e. The minimum absolute atomic E-state index is 0.692. The van der Waals surface area contributed by atoms with Crippen molar-refractivity contribution in [1.29, 1.82) is 0 Å². The van der Waals surface area contributed by atoms with Crippen molar-refractivity contribution in [2.75, 3.05) is 0 Å². The molecule has 1 aromatic carbocycles. The van der Waals surface area contributed by atoms with Crippen molar-refractivity contribution < 1.29 is 29.6 Å². The molecule has 3 N–H and O–H groups in total. The van der Waals surface area contributed by atoms with Gasteiger partial charge in [0.25, 0.3) is 0 Å². The van der Waals surface area contributed by atoms with Gasteiger partial charge in [-0.25, -0.2) is 9.59 Å². The second-order valence-electron chi connectivity index (χ2n) is 3.11. The molecule has 6 nitrogen and oxygen atoms in total. The van der Waals surface area contributed by atoms with Gasteiger partial charge >= 0.3 is 11.9 Å². The predicted octanol–water partition coefficient (Wildman–Crippen LogP) is 1.92. The minimum atomic E-state index is -0.981. The number of aliphatic hydroxyl groups is 1. The fourth-order valence-corrected chi connectivity index (χ4v) is 0.696. The normalized spacial score (nSPS) is 9.50. The lowest BCUT2D eigenvalue weighted by Crippen LogP contribution is -2.08. The zero-order valence-corrected chi connectivity index (χ0v) is 11.1. The molecule has 0 amide bonds. The van der Waals surface area contributed by atoms with E-state index in [-0.39, 0.29) is 0 Å². The monoisotopic (exact) mass is 282 g/mol. The van der Waals surface area contributed by atoms with E-state index in [9.17, 15) is 9.59 Å². The lowest BCUT2D eigenvalue weighted by molar-refractivity contribution is -0.132. The number of ether oxygens (including phenoxy) is 1. The Balaban J connectivity index is 0. The summed E-state index contributed by atoms with van der Waals surface area (Å²) in [5.41, 5.74) is 0. The Bertz CT molecular complexity index is 393. The largest absolute Gasteiger partial charge is 0.478 e. The van der Waals surface area contributed by atoms with Crippen LogP contribution in [0.4, 0.5) is 0 Å². The van der Waals surface area contributed by atoms with Crippen LogP contribution < -0.4 is 4.74 Å². The van der Waals surface area contributed by atoms with Gasteiger partial charge in [-0.1, -0.05) is 31.4 Å². The summed E-state index contributed by atoms with van der Waals surface area (Å²) in [6, 6.07) is 9.21. The molecule has 6 heteroatoms. The third-order valence-corrected chi connectivity index (χ3v) is 1.40. The van der Waals surface area contributed by atoms with E-state index in [1.807, 2.05) is 18.2 Å². The highest BCUT2D eigenvalue weighted by Gasteiger charge is 1.94. The number of hydrogen-bond donors (Lipinski definition) is 3. The van der Waals surface area contributed by atoms with Crippen LogP contribution >= 0.6 is 0 Å². The molecule has 1 unspecified atom stereocenters. The SMILES string of the molecule is C=CC(=O)O.C=CC(=O)O.CC(O)Oc1ccccc1. The number of para-hydroxylation sites is 1. The lowest BCUT2D eigenvalue weighted by atomic mass is 10.3. The summed E-state index contributed by atoms with van der Waals surface area (Å²) >= 11 is 0. The quantitative estimate of drug-likeness (QED) is 0.575. The Morgan fingerprint density at radius 3 is 1.70 bits per heavy atom. The molecule has 0 radical (unpaired) electrons. The molecular formula is C14H18O6. The van der Waals surface area contributed by atoms with Crippen molar-refractivity contribution in [3.8, 4) is 5.75 Å². The molecule has 1 aromatic rings. The van der Waals surface area contributed by atoms with Crippen LogP contribution in [0.3, 0.4) is 0 Å². The van der Waals surface area contributed by atoms with Crippen molar-refractivity contribution in [3.05, 3.63) is 55.6 Å². The van der Waals surface area contributed by atoms with Crippen molar-refractivity contribution in [1.82, 2.24) is 0 Å². The molecule has 0 spiro atoms. The zero-order valence-electron chi connectivity index (χ0n) is 11.1. The summed E-state index contributed by atoms with van der Waals surface area (Å²) in [4.78, 5) is 18.5. The number of benzene rings is 1. The van der Waals surface area contributed by atoms with Gasteiger partial charge < -0.3 is 20.1 Å². The first-order valence-corrected chi connectivity index (χ1v) is 5.44. The lowest BCUT2D eigenvalue weighted by Gasteiger charge is -2.06. The molecule has 0 heterocycles. The summed E-state index contributed by atoms with van der Waals surface area (Å²) in [5, 5.41) is 24.0. The van der Waals surface area contributed by atoms with Crippen molar-refractivity contribution >= 4 is 11.9 Å². The molecule has 0 aliphatic heterocycles.